The van der Waals surface area contributed by atoms with Gasteiger partial charge in [0.05, 0.1) is 6.04 Å². The van der Waals surface area contributed by atoms with Crippen molar-refractivity contribution >= 4 is 12.0 Å². The number of aliphatic imine (C=N–C) groups is 1. The first-order valence-electron chi connectivity index (χ1n) is 6.17. The Morgan fingerprint density at radius 3 is 2.88 bits per heavy atom. The summed E-state index contributed by atoms with van der Waals surface area (Å²) in [6.07, 6.45) is 6.55. The van der Waals surface area contributed by atoms with Crippen molar-refractivity contribution in [3.63, 3.8) is 0 Å². The molecule has 2 nitrogen and oxygen atoms in total. The maximum atomic E-state index is 11.8. The van der Waals surface area contributed by atoms with Crippen molar-refractivity contribution < 1.29 is 37.5 Å². The number of dihydropyridines is 1. The minimum absolute atomic E-state index is 0. The number of hydrogen-bond acceptors (Lipinski definition) is 2. The number of hydrogen-bond donors (Lipinski definition) is 0. The Labute approximate surface area is 129 Å². The van der Waals surface area contributed by atoms with E-state index in [9.17, 15) is 4.79 Å². The van der Waals surface area contributed by atoms with Crippen LogP contribution >= 0.6 is 0 Å². The molecule has 1 aliphatic carbocycles. The molecule has 0 aromatic carbocycles. The summed E-state index contributed by atoms with van der Waals surface area (Å²) in [6.45, 7) is 8.07. The van der Waals surface area contributed by atoms with Crippen LogP contribution in [0.3, 0.4) is 0 Å². The minimum atomic E-state index is 0. The third kappa shape index (κ3) is 2.96. The first-order valence-corrected chi connectivity index (χ1v) is 6.17. The maximum absolute atomic E-state index is 11.8. The number of Topliss-reactive ketones (excluding diaryl/α,β-unsaturated/α-hetero) is 1. The molecule has 1 aliphatic heterocycles. The van der Waals surface area contributed by atoms with E-state index in [2.05, 4.69) is 31.8 Å². The largest absolute Gasteiger partial charge is 0.336 e. The van der Waals surface area contributed by atoms with Crippen molar-refractivity contribution in [1.82, 2.24) is 0 Å². The Hall–Kier alpha value is 0.184. The number of nitrogens with zero attached hydrogens (tertiary/aromatic N) is 1. The zero-order valence-electron chi connectivity index (χ0n) is 10.7. The molecule has 0 saturated heterocycles. The number of carbonyl (C=O) groups excluding carboxylic acids is 1. The van der Waals surface area contributed by atoms with Gasteiger partial charge in [0.15, 0.2) is 0 Å². The van der Waals surface area contributed by atoms with Crippen LogP contribution in [0.4, 0.5) is 0 Å². The molecule has 1 saturated carbocycles. The van der Waals surface area contributed by atoms with E-state index < -0.39 is 0 Å². The summed E-state index contributed by atoms with van der Waals surface area (Å²) in [4.78, 5) is 16.4. The average molecular weight is 307 g/mol. The van der Waals surface area contributed by atoms with E-state index in [1.165, 1.54) is 5.57 Å². The number of carbonyl (C=O) groups is 1. The van der Waals surface area contributed by atoms with E-state index in [0.29, 0.717) is 30.1 Å². The first-order chi connectivity index (χ1) is 7.65. The Balaban J connectivity index is 0.00000144. The molecule has 91 valence electrons. The van der Waals surface area contributed by atoms with Crippen molar-refractivity contribution in [3.8, 4) is 0 Å². The van der Waals surface area contributed by atoms with E-state index in [1.807, 2.05) is 6.21 Å². The van der Waals surface area contributed by atoms with E-state index in [-0.39, 0.29) is 38.6 Å². The fourth-order valence-corrected chi connectivity index (χ4v) is 3.16. The van der Waals surface area contributed by atoms with Gasteiger partial charge in [-0.25, -0.2) is 0 Å². The average Bonchev–Trinajstić information content (AvgIpc) is 2.30. The molecule has 0 spiro atoms. The predicted octanol–water partition coefficient (Wildman–Crippen LogP) is 2.84. The summed E-state index contributed by atoms with van der Waals surface area (Å²) in [5.41, 5.74) is 1.42. The fraction of sp³-hybridized carbons (Fsp3) is 0.643. The molecule has 3 heteroatoms. The summed E-state index contributed by atoms with van der Waals surface area (Å²) >= 11 is 0. The van der Waals surface area contributed by atoms with Crippen LogP contribution in [0.2, 0.25) is 0 Å². The molecule has 2 rings (SSSR count). The molecular weight excluding hydrogens is 287 g/mol. The number of rotatable bonds is 2. The molecule has 0 bridgehead atoms. The predicted molar refractivity (Wildman–Crippen MR) is 66.4 cm³/mol. The standard InChI is InChI=1S/C14H20NO.Y/c1-4-13(16)12-6-5-11-9(2)7-8-15-14(11)10(12)3;/h7-8,10-12,14H,1,4-6H2,2-3H3;/q-1;. The molecule has 0 N–H and O–H groups in total. The minimum Gasteiger partial charge on any atom is -0.336 e. The maximum Gasteiger partial charge on any atom is 0.106 e. The Morgan fingerprint density at radius 1 is 1.53 bits per heavy atom. The summed E-state index contributed by atoms with van der Waals surface area (Å²) in [7, 11) is 0. The van der Waals surface area contributed by atoms with Gasteiger partial charge in [0, 0.05) is 50.8 Å². The van der Waals surface area contributed by atoms with Gasteiger partial charge in [0.2, 0.25) is 0 Å². The van der Waals surface area contributed by atoms with Gasteiger partial charge < -0.3 is 11.7 Å². The topological polar surface area (TPSA) is 29.4 Å². The van der Waals surface area contributed by atoms with Crippen molar-refractivity contribution in [2.24, 2.45) is 22.7 Å². The Morgan fingerprint density at radius 2 is 2.24 bits per heavy atom. The Kier molecular flexibility index (Phi) is 5.72. The number of fused-ring (bicyclic) bond motifs is 1. The van der Waals surface area contributed by atoms with Crippen molar-refractivity contribution in [2.75, 3.05) is 0 Å². The summed E-state index contributed by atoms with van der Waals surface area (Å²) in [6, 6.07) is 0.319. The van der Waals surface area contributed by atoms with E-state index in [4.69, 9.17) is 0 Å². The van der Waals surface area contributed by atoms with Gasteiger partial charge in [-0.1, -0.05) is 12.5 Å². The molecular formula is C14H20NOY-. The second-order valence-electron chi connectivity index (χ2n) is 5.07. The van der Waals surface area contributed by atoms with Gasteiger partial charge in [0.25, 0.3) is 0 Å². The van der Waals surface area contributed by atoms with Crippen LogP contribution in [0.15, 0.2) is 16.6 Å². The summed E-state index contributed by atoms with van der Waals surface area (Å²) in [5.74, 6) is 1.43. The van der Waals surface area contributed by atoms with Crippen LogP contribution in [0.1, 0.15) is 33.1 Å². The van der Waals surface area contributed by atoms with Crippen LogP contribution in [-0.4, -0.2) is 18.0 Å². The quantitative estimate of drug-likeness (QED) is 0.721. The van der Waals surface area contributed by atoms with E-state index in [0.717, 1.165) is 12.8 Å². The molecule has 4 unspecified atom stereocenters. The number of ketones is 1. The van der Waals surface area contributed by atoms with Gasteiger partial charge in [-0.3, -0.25) is 4.99 Å². The van der Waals surface area contributed by atoms with E-state index >= 15 is 0 Å². The molecule has 17 heavy (non-hydrogen) atoms. The van der Waals surface area contributed by atoms with Gasteiger partial charge in [-0.05, 0) is 31.8 Å². The third-order valence-corrected chi connectivity index (χ3v) is 4.21. The van der Waals surface area contributed by atoms with Crippen molar-refractivity contribution in [3.05, 3.63) is 18.6 Å². The molecule has 1 radical (unpaired) electrons. The molecule has 0 aromatic rings. The van der Waals surface area contributed by atoms with Gasteiger partial charge >= 0.3 is 0 Å². The van der Waals surface area contributed by atoms with E-state index in [1.54, 1.807) is 0 Å². The second kappa shape index (κ2) is 6.38. The monoisotopic (exact) mass is 307 g/mol. The molecule has 0 aromatic heterocycles. The SMILES string of the molecule is [CH2-]CC(=O)C1CCC2C(C)=CC=NC2C1C.[Y]. The fourth-order valence-electron chi connectivity index (χ4n) is 3.16. The molecule has 1 fully saturated rings. The third-order valence-electron chi connectivity index (χ3n) is 4.21. The van der Waals surface area contributed by atoms with Gasteiger partial charge in [0.1, 0.15) is 5.78 Å². The van der Waals surface area contributed by atoms with Gasteiger partial charge in [-0.2, -0.15) is 0 Å². The smallest absolute Gasteiger partial charge is 0.106 e. The zero-order chi connectivity index (χ0) is 11.7. The normalized spacial score (nSPS) is 35.6. The summed E-state index contributed by atoms with van der Waals surface area (Å²) in [5, 5.41) is 0. The molecule has 1 heterocycles. The van der Waals surface area contributed by atoms with Crippen LogP contribution in [0.25, 0.3) is 0 Å². The van der Waals surface area contributed by atoms with Crippen LogP contribution in [0.5, 0.6) is 0 Å². The van der Waals surface area contributed by atoms with Crippen LogP contribution in [-0.2, 0) is 37.5 Å². The summed E-state index contributed by atoms with van der Waals surface area (Å²) < 4.78 is 0. The molecule has 4 atom stereocenters. The van der Waals surface area contributed by atoms with Gasteiger partial charge in [-0.15, -0.1) is 6.42 Å². The number of allylic oxidation sites excluding steroid dienone is 1. The van der Waals surface area contributed by atoms with Crippen molar-refractivity contribution in [2.45, 2.75) is 39.2 Å². The van der Waals surface area contributed by atoms with Crippen LogP contribution in [0, 0.1) is 24.7 Å². The van der Waals surface area contributed by atoms with Crippen LogP contribution < -0.4 is 0 Å². The van der Waals surface area contributed by atoms with Crippen molar-refractivity contribution in [1.29, 1.82) is 0 Å². The first kappa shape index (κ1) is 15.2. The zero-order valence-corrected chi connectivity index (χ0v) is 13.6. The molecule has 0 amide bonds. The second-order valence-corrected chi connectivity index (χ2v) is 5.07. The molecule has 2 aliphatic rings. The Bertz CT molecular complexity index is 348.